The van der Waals surface area contributed by atoms with E-state index in [0.717, 1.165) is 16.9 Å². The summed E-state index contributed by atoms with van der Waals surface area (Å²) in [5, 5.41) is 24.5. The Kier molecular flexibility index (Phi) is 13.0. The molecular formula is C62H54N4. The number of hydrogen-bond acceptors (Lipinski definition) is 4. The standard InChI is InChI=1S/C54H42N4.2C4H6/c55-50-27-13-11-25-46(50)52(48-31-34-15-1-3-17-37(34)40-20-7-9-23-43(40)48)56-33-36-29-30-45(42-22-6-5-19-39(36)42)54-57-51-28-14-12-26-47(51)53(58-54)49-32-35-16-2-4-18-38(35)41-21-8-10-24-44(41)49;2*1-3-4-2/h1-32,52-54,56-58H,33,55H2;2*3-4H,1-2H2. The van der Waals surface area contributed by atoms with E-state index in [1.807, 2.05) is 12.1 Å². The third-order valence-corrected chi connectivity index (χ3v) is 12.6. The van der Waals surface area contributed by atoms with Gasteiger partial charge in [0.25, 0.3) is 0 Å². The molecule has 10 aromatic carbocycles. The fourth-order valence-corrected chi connectivity index (χ4v) is 9.57. The molecule has 0 aromatic heterocycles. The maximum atomic E-state index is 6.77. The van der Waals surface area contributed by atoms with Crippen LogP contribution in [0.3, 0.4) is 0 Å². The van der Waals surface area contributed by atoms with E-state index in [-0.39, 0.29) is 18.2 Å². The fourth-order valence-electron chi connectivity index (χ4n) is 9.57. The summed E-state index contributed by atoms with van der Waals surface area (Å²) in [5.74, 6) is 0. The van der Waals surface area contributed by atoms with Crippen LogP contribution in [-0.4, -0.2) is 0 Å². The van der Waals surface area contributed by atoms with Crippen LogP contribution in [0, 0.1) is 0 Å². The second kappa shape index (κ2) is 19.8. The van der Waals surface area contributed by atoms with Crippen molar-refractivity contribution < 1.29 is 0 Å². The highest BCUT2D eigenvalue weighted by Gasteiger charge is 2.30. The zero-order chi connectivity index (χ0) is 45.4. The van der Waals surface area contributed by atoms with Gasteiger partial charge in [0.2, 0.25) is 0 Å². The highest BCUT2D eigenvalue weighted by atomic mass is 15.2. The molecule has 3 unspecified atom stereocenters. The van der Waals surface area contributed by atoms with E-state index in [9.17, 15) is 0 Å². The van der Waals surface area contributed by atoms with Gasteiger partial charge in [0.1, 0.15) is 6.17 Å². The minimum absolute atomic E-state index is 0.0223. The lowest BCUT2D eigenvalue weighted by molar-refractivity contribution is 0.511. The first-order valence-corrected chi connectivity index (χ1v) is 22.5. The van der Waals surface area contributed by atoms with Crippen LogP contribution in [0.4, 0.5) is 11.4 Å². The summed E-state index contributed by atoms with van der Waals surface area (Å²) in [6.45, 7) is 14.1. The first-order chi connectivity index (χ1) is 32.5. The molecule has 0 amide bonds. The van der Waals surface area contributed by atoms with Gasteiger partial charge < -0.3 is 16.4 Å². The first-order valence-electron chi connectivity index (χ1n) is 22.5. The molecule has 0 fully saturated rings. The van der Waals surface area contributed by atoms with E-state index in [0.29, 0.717) is 6.54 Å². The zero-order valence-electron chi connectivity index (χ0n) is 37.1. The van der Waals surface area contributed by atoms with Crippen LogP contribution in [0.2, 0.25) is 0 Å². The predicted molar refractivity (Wildman–Crippen MR) is 285 cm³/mol. The van der Waals surface area contributed by atoms with Crippen molar-refractivity contribution >= 4 is 65.2 Å². The van der Waals surface area contributed by atoms with Gasteiger partial charge in [-0.15, -0.1) is 0 Å². The number of para-hydroxylation sites is 2. The van der Waals surface area contributed by atoms with Gasteiger partial charge in [-0.05, 0) is 112 Å². The van der Waals surface area contributed by atoms with Crippen molar-refractivity contribution in [1.29, 1.82) is 0 Å². The van der Waals surface area contributed by atoms with Gasteiger partial charge in [0.05, 0.1) is 12.1 Å². The molecule has 66 heavy (non-hydrogen) atoms. The number of benzene rings is 10. The average molecular weight is 855 g/mol. The lowest BCUT2D eigenvalue weighted by atomic mass is 9.87. The second-order valence-electron chi connectivity index (χ2n) is 16.5. The Morgan fingerprint density at radius 3 is 1.61 bits per heavy atom. The van der Waals surface area contributed by atoms with Crippen LogP contribution in [-0.2, 0) is 6.54 Å². The van der Waals surface area contributed by atoms with E-state index in [4.69, 9.17) is 5.73 Å². The molecule has 1 aliphatic heterocycles. The Morgan fingerprint density at radius 2 is 0.955 bits per heavy atom. The van der Waals surface area contributed by atoms with Crippen molar-refractivity contribution in [3.05, 3.63) is 278 Å². The van der Waals surface area contributed by atoms with Gasteiger partial charge in [0, 0.05) is 17.9 Å². The number of nitrogens with one attached hydrogen (secondary N) is 3. The molecule has 322 valence electrons. The Hall–Kier alpha value is -8.02. The largest absolute Gasteiger partial charge is 0.398 e. The molecular weight excluding hydrogens is 801 g/mol. The van der Waals surface area contributed by atoms with E-state index in [1.165, 1.54) is 81.7 Å². The molecule has 0 saturated heterocycles. The molecule has 0 saturated carbocycles. The minimum Gasteiger partial charge on any atom is -0.398 e. The average Bonchev–Trinajstić information content (AvgIpc) is 3.38. The van der Waals surface area contributed by atoms with Gasteiger partial charge in [-0.25, -0.2) is 0 Å². The third kappa shape index (κ3) is 8.51. The summed E-state index contributed by atoms with van der Waals surface area (Å²) >= 11 is 0. The number of nitrogens with two attached hydrogens (primary N) is 1. The van der Waals surface area contributed by atoms with Crippen LogP contribution < -0.4 is 21.7 Å². The molecule has 0 spiro atoms. The molecule has 11 rings (SSSR count). The second-order valence-corrected chi connectivity index (χ2v) is 16.5. The van der Waals surface area contributed by atoms with Gasteiger partial charge in [-0.1, -0.05) is 220 Å². The minimum atomic E-state index is -0.134. The molecule has 1 aliphatic rings. The molecule has 5 N–H and O–H groups in total. The van der Waals surface area contributed by atoms with Crippen molar-refractivity contribution in [3.63, 3.8) is 0 Å². The summed E-state index contributed by atoms with van der Waals surface area (Å²) in [4.78, 5) is 0. The topological polar surface area (TPSA) is 62.1 Å². The first kappa shape index (κ1) is 43.2. The van der Waals surface area contributed by atoms with E-state index >= 15 is 0 Å². The quantitative estimate of drug-likeness (QED) is 0.0664. The van der Waals surface area contributed by atoms with Crippen molar-refractivity contribution in [2.24, 2.45) is 0 Å². The van der Waals surface area contributed by atoms with Crippen LogP contribution >= 0.6 is 0 Å². The SMILES string of the molecule is C=CC=C.C=CC=C.Nc1ccccc1C(NCc1ccc(C2Nc3ccccc3C(c3cc4ccccc4c4ccccc34)N2)c2ccccc12)c1cc2ccccc2c2ccccc12. The highest BCUT2D eigenvalue weighted by Crippen LogP contribution is 2.43. The summed E-state index contributed by atoms with van der Waals surface area (Å²) < 4.78 is 0. The number of nitrogen functional groups attached to an aromatic ring is 1. The van der Waals surface area contributed by atoms with Gasteiger partial charge in [-0.3, -0.25) is 5.32 Å². The number of allylic oxidation sites excluding steroid dienone is 4. The maximum Gasteiger partial charge on any atom is 0.105 e. The number of anilines is 2. The van der Waals surface area contributed by atoms with Gasteiger partial charge in [0.15, 0.2) is 0 Å². The Labute approximate surface area is 388 Å². The number of hydrogen-bond donors (Lipinski definition) is 4. The molecule has 10 aromatic rings. The van der Waals surface area contributed by atoms with Crippen LogP contribution in [0.25, 0.3) is 53.9 Å². The van der Waals surface area contributed by atoms with Crippen molar-refractivity contribution in [2.45, 2.75) is 24.8 Å². The third-order valence-electron chi connectivity index (χ3n) is 12.6. The van der Waals surface area contributed by atoms with E-state index in [1.54, 1.807) is 24.3 Å². The van der Waals surface area contributed by atoms with Crippen LogP contribution in [0.15, 0.2) is 245 Å². The fraction of sp³-hybridized carbons (Fsp3) is 0.0645. The molecule has 0 aliphatic carbocycles. The predicted octanol–water partition coefficient (Wildman–Crippen LogP) is 15.4. The Bertz CT molecular complexity index is 3380. The van der Waals surface area contributed by atoms with E-state index < -0.39 is 0 Å². The Balaban J connectivity index is 0.000000636. The molecule has 1 heterocycles. The zero-order valence-corrected chi connectivity index (χ0v) is 37.1. The summed E-state index contributed by atoms with van der Waals surface area (Å²) in [5.41, 5.74) is 16.0. The number of fused-ring (bicyclic) bond motifs is 8. The smallest absolute Gasteiger partial charge is 0.105 e. The van der Waals surface area contributed by atoms with Crippen molar-refractivity contribution in [3.8, 4) is 0 Å². The molecule has 0 bridgehead atoms. The number of rotatable bonds is 9. The van der Waals surface area contributed by atoms with Crippen LogP contribution in [0.5, 0.6) is 0 Å². The van der Waals surface area contributed by atoms with Crippen LogP contribution in [0.1, 0.15) is 51.6 Å². The lowest BCUT2D eigenvalue weighted by Gasteiger charge is -2.36. The van der Waals surface area contributed by atoms with Crippen molar-refractivity contribution in [1.82, 2.24) is 10.6 Å². The highest BCUT2D eigenvalue weighted by molar-refractivity contribution is 6.10. The molecule has 0 radical (unpaired) electrons. The molecule has 4 heteroatoms. The van der Waals surface area contributed by atoms with Crippen molar-refractivity contribution in [2.75, 3.05) is 11.1 Å². The lowest BCUT2D eigenvalue weighted by Crippen LogP contribution is -2.37. The summed E-state index contributed by atoms with van der Waals surface area (Å²) in [7, 11) is 0. The summed E-state index contributed by atoms with van der Waals surface area (Å²) in [6, 6.07) is 70.0. The molecule has 3 atom stereocenters. The van der Waals surface area contributed by atoms with Gasteiger partial charge in [-0.2, -0.15) is 0 Å². The van der Waals surface area contributed by atoms with E-state index in [2.05, 4.69) is 224 Å². The Morgan fingerprint density at radius 1 is 0.455 bits per heavy atom. The monoisotopic (exact) mass is 854 g/mol. The molecule has 4 nitrogen and oxygen atoms in total. The van der Waals surface area contributed by atoms with Gasteiger partial charge >= 0.3 is 0 Å². The normalized spacial score (nSPS) is 14.5. The maximum absolute atomic E-state index is 6.77. The summed E-state index contributed by atoms with van der Waals surface area (Å²) in [6.07, 6.45) is 6.43.